The molecule has 3 rings (SSSR count). The van der Waals surface area contributed by atoms with Crippen molar-refractivity contribution in [3.8, 4) is 0 Å². The number of benzene rings is 1. The average molecular weight is 306 g/mol. The van der Waals surface area contributed by atoms with E-state index >= 15 is 0 Å². The van der Waals surface area contributed by atoms with Gasteiger partial charge in [0.25, 0.3) is 0 Å². The summed E-state index contributed by atoms with van der Waals surface area (Å²) in [5.74, 6) is 0.0637. The molecule has 1 saturated heterocycles. The SMILES string of the molecule is COCC1(F)CCN(CC(=O)N2CCCc3ccccc32)C1. The molecule has 1 atom stereocenters. The van der Waals surface area contributed by atoms with Crippen LogP contribution in [0.4, 0.5) is 10.1 Å². The summed E-state index contributed by atoms with van der Waals surface area (Å²) >= 11 is 0. The van der Waals surface area contributed by atoms with Gasteiger partial charge in [0.2, 0.25) is 5.91 Å². The Balaban J connectivity index is 1.64. The molecular weight excluding hydrogens is 283 g/mol. The Bertz CT molecular complexity index is 551. The smallest absolute Gasteiger partial charge is 0.241 e. The van der Waals surface area contributed by atoms with Gasteiger partial charge in [-0.15, -0.1) is 0 Å². The maximum absolute atomic E-state index is 14.4. The molecule has 1 fully saturated rings. The second-order valence-corrected chi connectivity index (χ2v) is 6.32. The number of likely N-dealkylation sites (tertiary alicyclic amines) is 1. The molecule has 22 heavy (non-hydrogen) atoms. The number of rotatable bonds is 4. The zero-order valence-corrected chi connectivity index (χ0v) is 13.1. The number of para-hydroxylation sites is 1. The Hall–Kier alpha value is -1.46. The van der Waals surface area contributed by atoms with Crippen molar-refractivity contribution in [3.05, 3.63) is 29.8 Å². The second-order valence-electron chi connectivity index (χ2n) is 6.32. The third-order valence-corrected chi connectivity index (χ3v) is 4.56. The molecule has 0 N–H and O–H groups in total. The van der Waals surface area contributed by atoms with E-state index in [1.165, 1.54) is 12.7 Å². The molecule has 2 aliphatic heterocycles. The molecule has 2 aliphatic rings. The maximum Gasteiger partial charge on any atom is 0.241 e. The van der Waals surface area contributed by atoms with Crippen LogP contribution in [0.2, 0.25) is 0 Å². The second kappa shape index (κ2) is 6.34. The molecule has 0 aliphatic carbocycles. The van der Waals surface area contributed by atoms with Crippen LogP contribution in [0.15, 0.2) is 24.3 Å². The van der Waals surface area contributed by atoms with E-state index in [0.717, 1.165) is 25.1 Å². The van der Waals surface area contributed by atoms with E-state index in [4.69, 9.17) is 4.74 Å². The number of anilines is 1. The zero-order valence-electron chi connectivity index (χ0n) is 13.1. The van der Waals surface area contributed by atoms with Gasteiger partial charge in [-0.1, -0.05) is 18.2 Å². The molecule has 4 nitrogen and oxygen atoms in total. The molecule has 1 amide bonds. The van der Waals surface area contributed by atoms with E-state index in [1.807, 2.05) is 28.0 Å². The molecular formula is C17H23FN2O2. The molecule has 0 spiro atoms. The molecule has 120 valence electrons. The van der Waals surface area contributed by atoms with Crippen LogP contribution in [-0.2, 0) is 16.0 Å². The number of nitrogens with zero attached hydrogens (tertiary/aromatic N) is 2. The number of hydrogen-bond donors (Lipinski definition) is 0. The van der Waals surface area contributed by atoms with Gasteiger partial charge in [0, 0.05) is 32.4 Å². The van der Waals surface area contributed by atoms with Crippen LogP contribution < -0.4 is 4.90 Å². The van der Waals surface area contributed by atoms with Crippen molar-refractivity contribution in [1.82, 2.24) is 4.90 Å². The number of carbonyl (C=O) groups excluding carboxylic acids is 1. The molecule has 2 heterocycles. The highest BCUT2D eigenvalue weighted by Crippen LogP contribution is 2.29. The third kappa shape index (κ3) is 3.15. The lowest BCUT2D eigenvalue weighted by atomic mass is 10.0. The van der Waals surface area contributed by atoms with Crippen LogP contribution in [0, 0.1) is 0 Å². The van der Waals surface area contributed by atoms with Crippen LogP contribution in [0.25, 0.3) is 0 Å². The van der Waals surface area contributed by atoms with Gasteiger partial charge in [-0.25, -0.2) is 4.39 Å². The molecule has 0 radical (unpaired) electrons. The van der Waals surface area contributed by atoms with E-state index < -0.39 is 5.67 Å². The number of amides is 1. The summed E-state index contributed by atoms with van der Waals surface area (Å²) in [6.45, 7) is 2.03. The van der Waals surface area contributed by atoms with Gasteiger partial charge in [0.15, 0.2) is 0 Å². The van der Waals surface area contributed by atoms with Crippen LogP contribution >= 0.6 is 0 Å². The summed E-state index contributed by atoms with van der Waals surface area (Å²) in [6, 6.07) is 8.05. The molecule has 1 unspecified atom stereocenters. The Kier molecular flexibility index (Phi) is 4.45. The predicted molar refractivity (Wildman–Crippen MR) is 83.9 cm³/mol. The summed E-state index contributed by atoms with van der Waals surface area (Å²) in [5.41, 5.74) is 0.929. The Morgan fingerprint density at radius 1 is 1.36 bits per heavy atom. The number of halogens is 1. The number of alkyl halides is 1. The number of methoxy groups -OCH3 is 1. The van der Waals surface area contributed by atoms with Crippen molar-refractivity contribution >= 4 is 11.6 Å². The molecule has 0 saturated carbocycles. The lowest BCUT2D eigenvalue weighted by Gasteiger charge is -2.31. The van der Waals surface area contributed by atoms with Gasteiger partial charge in [-0.05, 0) is 30.9 Å². The van der Waals surface area contributed by atoms with Gasteiger partial charge in [-0.3, -0.25) is 9.69 Å². The van der Waals surface area contributed by atoms with Crippen LogP contribution in [0.3, 0.4) is 0 Å². The average Bonchev–Trinajstić information content (AvgIpc) is 2.88. The highest BCUT2D eigenvalue weighted by Gasteiger charge is 2.39. The summed E-state index contributed by atoms with van der Waals surface area (Å²) in [7, 11) is 1.51. The van der Waals surface area contributed by atoms with Crippen molar-refractivity contribution < 1.29 is 13.9 Å². The van der Waals surface area contributed by atoms with Crippen molar-refractivity contribution in [1.29, 1.82) is 0 Å². The van der Waals surface area contributed by atoms with Crippen LogP contribution in [0.5, 0.6) is 0 Å². The summed E-state index contributed by atoms with van der Waals surface area (Å²) < 4.78 is 19.4. The lowest BCUT2D eigenvalue weighted by Crippen LogP contribution is -2.43. The minimum atomic E-state index is -1.31. The first-order valence-corrected chi connectivity index (χ1v) is 7.90. The first-order chi connectivity index (χ1) is 10.6. The van der Waals surface area contributed by atoms with Crippen molar-refractivity contribution in [2.24, 2.45) is 0 Å². The third-order valence-electron chi connectivity index (χ3n) is 4.56. The normalized spacial score (nSPS) is 25.3. The number of carbonyl (C=O) groups is 1. The van der Waals surface area contributed by atoms with Crippen molar-refractivity contribution in [3.63, 3.8) is 0 Å². The fraction of sp³-hybridized carbons (Fsp3) is 0.588. The lowest BCUT2D eigenvalue weighted by molar-refractivity contribution is -0.119. The van der Waals surface area contributed by atoms with Gasteiger partial charge in [-0.2, -0.15) is 0 Å². The number of fused-ring (bicyclic) bond motifs is 1. The minimum Gasteiger partial charge on any atom is -0.381 e. The standard InChI is InChI=1S/C17H23FN2O2/c1-22-13-17(18)8-10-19(12-17)11-16(21)20-9-4-6-14-5-2-3-7-15(14)20/h2-3,5,7H,4,6,8-13H2,1H3. The highest BCUT2D eigenvalue weighted by molar-refractivity contribution is 5.96. The van der Waals surface area contributed by atoms with Crippen LogP contribution in [-0.4, -0.2) is 56.4 Å². The zero-order chi connectivity index (χ0) is 15.6. The first-order valence-electron chi connectivity index (χ1n) is 7.90. The molecule has 1 aromatic rings. The van der Waals surface area contributed by atoms with Gasteiger partial charge >= 0.3 is 0 Å². The van der Waals surface area contributed by atoms with E-state index in [-0.39, 0.29) is 25.6 Å². The largest absolute Gasteiger partial charge is 0.381 e. The Labute approximate surface area is 130 Å². The van der Waals surface area contributed by atoms with Gasteiger partial charge in [0.1, 0.15) is 5.67 Å². The molecule has 5 heteroatoms. The summed E-state index contributed by atoms with van der Waals surface area (Å²) in [5, 5.41) is 0. The summed E-state index contributed by atoms with van der Waals surface area (Å²) in [6.07, 6.45) is 2.44. The van der Waals surface area contributed by atoms with E-state index in [9.17, 15) is 9.18 Å². The predicted octanol–water partition coefficient (Wildman–Crippen LogP) is 2.03. The van der Waals surface area contributed by atoms with E-state index in [2.05, 4.69) is 6.07 Å². The highest BCUT2D eigenvalue weighted by atomic mass is 19.1. The fourth-order valence-electron chi connectivity index (χ4n) is 3.50. The topological polar surface area (TPSA) is 32.8 Å². The molecule has 0 aromatic heterocycles. The van der Waals surface area contributed by atoms with Crippen molar-refractivity contribution in [2.45, 2.75) is 24.9 Å². The Morgan fingerprint density at radius 3 is 3.00 bits per heavy atom. The number of hydrogen-bond acceptors (Lipinski definition) is 3. The molecule has 0 bridgehead atoms. The van der Waals surface area contributed by atoms with Gasteiger partial charge < -0.3 is 9.64 Å². The first kappa shape index (κ1) is 15.4. The number of aryl methyl sites for hydroxylation is 1. The summed E-state index contributed by atoms with van der Waals surface area (Å²) in [4.78, 5) is 16.4. The number of ether oxygens (including phenoxy) is 1. The van der Waals surface area contributed by atoms with E-state index in [1.54, 1.807) is 0 Å². The molecule has 1 aromatic carbocycles. The maximum atomic E-state index is 14.4. The van der Waals surface area contributed by atoms with Crippen molar-refractivity contribution in [2.75, 3.05) is 44.8 Å². The monoisotopic (exact) mass is 306 g/mol. The fourth-order valence-corrected chi connectivity index (χ4v) is 3.50. The quantitative estimate of drug-likeness (QED) is 0.853. The Morgan fingerprint density at radius 2 is 2.18 bits per heavy atom. The minimum absolute atomic E-state index is 0.0637. The van der Waals surface area contributed by atoms with E-state index in [0.29, 0.717) is 13.0 Å². The van der Waals surface area contributed by atoms with Gasteiger partial charge in [0.05, 0.1) is 13.2 Å². The van der Waals surface area contributed by atoms with Crippen LogP contribution in [0.1, 0.15) is 18.4 Å².